The van der Waals surface area contributed by atoms with Crippen LogP contribution < -0.4 is 10.2 Å². The smallest absolute Gasteiger partial charge is 0.326 e. The molecule has 0 radical (unpaired) electrons. The topological polar surface area (TPSA) is 125 Å². The van der Waals surface area contributed by atoms with E-state index in [1.165, 1.54) is 36.4 Å². The molecule has 0 bridgehead atoms. The van der Waals surface area contributed by atoms with Gasteiger partial charge in [-0.1, -0.05) is 50.2 Å². The van der Waals surface area contributed by atoms with E-state index in [1.54, 1.807) is 30.9 Å². The molecule has 9 nitrogen and oxygen atoms in total. The zero-order valence-electron chi connectivity index (χ0n) is 26.4. The fourth-order valence-corrected chi connectivity index (χ4v) is 6.12. The lowest BCUT2D eigenvalue weighted by Gasteiger charge is -2.48. The molecule has 3 N–H and O–H groups in total. The minimum atomic E-state index is -1.10. The van der Waals surface area contributed by atoms with Crippen LogP contribution in [0.15, 0.2) is 72.8 Å². The summed E-state index contributed by atoms with van der Waals surface area (Å²) in [7, 11) is 0. The van der Waals surface area contributed by atoms with Crippen molar-refractivity contribution < 1.29 is 42.9 Å². The first-order valence-corrected chi connectivity index (χ1v) is 15.8. The number of halogens is 2. The van der Waals surface area contributed by atoms with Crippen LogP contribution in [-0.4, -0.2) is 59.5 Å². The summed E-state index contributed by atoms with van der Waals surface area (Å²) in [5.74, 6) is -3.19. The minimum absolute atomic E-state index is 0.117. The quantitative estimate of drug-likeness (QED) is 0.195. The van der Waals surface area contributed by atoms with Crippen LogP contribution in [0, 0.1) is 23.5 Å². The number of benzene rings is 3. The molecule has 2 fully saturated rings. The number of hydrogen-bond donors (Lipinski definition) is 3. The summed E-state index contributed by atoms with van der Waals surface area (Å²) in [5, 5.41) is 22.6. The molecule has 0 spiro atoms. The number of carboxylic acids is 1. The van der Waals surface area contributed by atoms with Gasteiger partial charge in [0.05, 0.1) is 31.3 Å². The highest BCUT2D eigenvalue weighted by Gasteiger charge is 2.48. The number of carbonyl (C=O) groups is 3. The normalized spacial score (nSPS) is 19.9. The molecule has 2 heterocycles. The highest BCUT2D eigenvalue weighted by atomic mass is 19.1. The number of β-lactam (4-membered cyclic amide) rings is 1. The van der Waals surface area contributed by atoms with Gasteiger partial charge in [0.1, 0.15) is 29.9 Å². The maximum atomic E-state index is 13.7. The average Bonchev–Trinajstić information content (AvgIpc) is 3.03. The molecule has 2 amide bonds. The second-order valence-corrected chi connectivity index (χ2v) is 12.7. The fraction of sp³-hybridized carbons (Fsp3) is 0.417. The summed E-state index contributed by atoms with van der Waals surface area (Å²) in [6.45, 7) is 3.82. The molecular formula is C36H40F2N2O7. The van der Waals surface area contributed by atoms with Crippen molar-refractivity contribution in [1.82, 2.24) is 5.32 Å². The molecule has 0 aromatic heterocycles. The van der Waals surface area contributed by atoms with Gasteiger partial charge in [-0.2, -0.15) is 0 Å². The van der Waals surface area contributed by atoms with Crippen molar-refractivity contribution >= 4 is 23.5 Å². The van der Waals surface area contributed by atoms with E-state index >= 15 is 0 Å². The number of aliphatic hydroxyl groups excluding tert-OH is 1. The molecule has 0 saturated carbocycles. The maximum Gasteiger partial charge on any atom is 0.326 e. The third-order valence-electron chi connectivity index (χ3n) is 9.00. The molecule has 11 heteroatoms. The Morgan fingerprint density at radius 2 is 1.62 bits per heavy atom. The van der Waals surface area contributed by atoms with Crippen LogP contribution in [0.1, 0.15) is 61.9 Å². The van der Waals surface area contributed by atoms with E-state index in [4.69, 9.17) is 9.47 Å². The van der Waals surface area contributed by atoms with Crippen molar-refractivity contribution in [2.45, 2.75) is 63.3 Å². The summed E-state index contributed by atoms with van der Waals surface area (Å²) in [6, 6.07) is 18.0. The molecule has 2 aliphatic rings. The van der Waals surface area contributed by atoms with Gasteiger partial charge in [0.15, 0.2) is 0 Å². The van der Waals surface area contributed by atoms with Gasteiger partial charge >= 0.3 is 5.97 Å². The number of carboxylic acid groups (broad SMARTS) is 1. The molecule has 5 rings (SSSR count). The number of rotatable bonds is 15. The highest BCUT2D eigenvalue weighted by molar-refractivity contribution is 6.03. The number of aliphatic carboxylic acids is 1. The van der Waals surface area contributed by atoms with E-state index < -0.39 is 47.2 Å². The molecular weight excluding hydrogens is 610 g/mol. The SMILES string of the molecule is CC(C)C(NC(=O)COC1(CCc2ccc([C@@H]3[C@@H](CCC(O)c4ccc(F)cc4)C(=O)N3c3ccc(F)cc3)cc2)COC1)C(=O)O. The van der Waals surface area contributed by atoms with Gasteiger partial charge in [0.25, 0.3) is 0 Å². The van der Waals surface area contributed by atoms with Crippen LogP contribution in [0.2, 0.25) is 0 Å². The summed E-state index contributed by atoms with van der Waals surface area (Å²) in [5.41, 5.74) is 2.42. The van der Waals surface area contributed by atoms with E-state index in [0.29, 0.717) is 50.1 Å². The maximum absolute atomic E-state index is 13.7. The zero-order chi connectivity index (χ0) is 33.7. The number of hydrogen-bond acceptors (Lipinski definition) is 6. The average molecular weight is 651 g/mol. The monoisotopic (exact) mass is 650 g/mol. The van der Waals surface area contributed by atoms with E-state index in [2.05, 4.69) is 5.32 Å². The second-order valence-electron chi connectivity index (χ2n) is 12.7. The zero-order valence-corrected chi connectivity index (χ0v) is 26.4. The molecule has 3 aromatic rings. The van der Waals surface area contributed by atoms with Gasteiger partial charge in [-0.05, 0) is 84.7 Å². The Morgan fingerprint density at radius 3 is 2.17 bits per heavy atom. The molecule has 250 valence electrons. The van der Waals surface area contributed by atoms with Crippen LogP contribution >= 0.6 is 0 Å². The minimum Gasteiger partial charge on any atom is -0.480 e. The van der Waals surface area contributed by atoms with Crippen molar-refractivity contribution in [2.24, 2.45) is 11.8 Å². The van der Waals surface area contributed by atoms with Crippen LogP contribution in [0.3, 0.4) is 0 Å². The first-order chi connectivity index (χ1) is 22.5. The van der Waals surface area contributed by atoms with Crippen molar-refractivity contribution in [3.63, 3.8) is 0 Å². The lowest BCUT2D eigenvalue weighted by molar-refractivity contribution is -0.212. The van der Waals surface area contributed by atoms with Crippen LogP contribution in [-0.2, 0) is 30.3 Å². The van der Waals surface area contributed by atoms with Crippen LogP contribution in [0.5, 0.6) is 0 Å². The van der Waals surface area contributed by atoms with Gasteiger partial charge in [-0.15, -0.1) is 0 Å². The fourth-order valence-electron chi connectivity index (χ4n) is 6.12. The second kappa shape index (κ2) is 14.7. The molecule has 2 saturated heterocycles. The number of nitrogens with zero attached hydrogens (tertiary/aromatic N) is 1. The van der Waals surface area contributed by atoms with Gasteiger partial charge in [-0.3, -0.25) is 9.59 Å². The largest absolute Gasteiger partial charge is 0.480 e. The number of nitrogens with one attached hydrogen (secondary N) is 1. The predicted molar refractivity (Wildman–Crippen MR) is 169 cm³/mol. The van der Waals surface area contributed by atoms with E-state index in [1.807, 2.05) is 24.3 Å². The van der Waals surface area contributed by atoms with Crippen LogP contribution in [0.25, 0.3) is 0 Å². The van der Waals surface area contributed by atoms with Gasteiger partial charge < -0.3 is 29.9 Å². The lowest BCUT2D eigenvalue weighted by atomic mass is 9.78. The highest BCUT2D eigenvalue weighted by Crippen LogP contribution is 2.46. The van der Waals surface area contributed by atoms with Gasteiger partial charge in [0.2, 0.25) is 11.8 Å². The van der Waals surface area contributed by atoms with Gasteiger partial charge in [0, 0.05) is 5.69 Å². The Bertz CT molecular complexity index is 1540. The summed E-state index contributed by atoms with van der Waals surface area (Å²) in [6.07, 6.45) is 1.08. The van der Waals surface area contributed by atoms with E-state index in [0.717, 1.165) is 11.1 Å². The van der Waals surface area contributed by atoms with Crippen molar-refractivity contribution in [2.75, 3.05) is 24.7 Å². The van der Waals surface area contributed by atoms with E-state index in [-0.39, 0.29) is 24.5 Å². The first-order valence-electron chi connectivity index (χ1n) is 15.8. The number of carbonyl (C=O) groups excluding carboxylic acids is 2. The van der Waals surface area contributed by atoms with Crippen molar-refractivity contribution in [3.05, 3.63) is 101 Å². The Kier molecular flexibility index (Phi) is 10.7. The molecule has 47 heavy (non-hydrogen) atoms. The number of anilines is 1. The van der Waals surface area contributed by atoms with Gasteiger partial charge in [-0.25, -0.2) is 13.6 Å². The Labute approximate surface area is 272 Å². The lowest BCUT2D eigenvalue weighted by Crippen LogP contribution is -2.55. The predicted octanol–water partition coefficient (Wildman–Crippen LogP) is 5.13. The Balaban J connectivity index is 1.23. The molecule has 3 aromatic carbocycles. The molecule has 2 unspecified atom stereocenters. The van der Waals surface area contributed by atoms with E-state index in [9.17, 15) is 33.4 Å². The standard InChI is InChI=1S/C36H40F2N2O7/c1-22(2)32(35(44)45)39-31(42)19-47-36(20-46-21-36)18-17-23-3-5-25(6-4-23)33-29(15-16-30(41)24-7-9-26(37)10-8-24)34(43)40(33)28-13-11-27(38)12-14-28/h3-14,22,29-30,32-33,41H,15-21H2,1-2H3,(H,39,42)(H,44,45)/t29-,30?,32?,33-/m1/s1. The summed E-state index contributed by atoms with van der Waals surface area (Å²) >= 11 is 0. The number of aliphatic hydroxyl groups is 1. The molecule has 4 atom stereocenters. The number of ether oxygens (including phenoxy) is 2. The third kappa shape index (κ3) is 8.04. The molecule has 0 aliphatic carbocycles. The molecule has 2 aliphatic heterocycles. The number of aryl methyl sites for hydroxylation is 1. The van der Waals surface area contributed by atoms with Crippen molar-refractivity contribution in [1.29, 1.82) is 0 Å². The van der Waals surface area contributed by atoms with Crippen LogP contribution in [0.4, 0.5) is 14.5 Å². The van der Waals surface area contributed by atoms with Crippen molar-refractivity contribution in [3.8, 4) is 0 Å². The first kappa shape index (κ1) is 34.2. The summed E-state index contributed by atoms with van der Waals surface area (Å²) in [4.78, 5) is 38.9. The number of amides is 2. The third-order valence-corrected chi connectivity index (χ3v) is 9.00. The Morgan fingerprint density at radius 1 is 1.00 bits per heavy atom. The Hall–Kier alpha value is -4.19. The summed E-state index contributed by atoms with van der Waals surface area (Å²) < 4.78 is 38.4.